The Balaban J connectivity index is 2.30. The number of allylic oxidation sites excluding steroid dienone is 10. The quantitative estimate of drug-likeness (QED) is 0.0880. The summed E-state index contributed by atoms with van der Waals surface area (Å²) >= 11 is 0. The summed E-state index contributed by atoms with van der Waals surface area (Å²) in [6, 6.07) is 3.98. The first-order valence-electron chi connectivity index (χ1n) is 14.2. The Morgan fingerprint density at radius 2 is 1.36 bits per heavy atom. The van der Waals surface area contributed by atoms with Crippen molar-refractivity contribution in [3.63, 3.8) is 0 Å². The number of nitrogens with one attached hydrogen (secondary N) is 1. The lowest BCUT2D eigenvalue weighted by Crippen LogP contribution is -2.44. The molecule has 0 fully saturated rings. The Morgan fingerprint density at radius 1 is 0.821 bits per heavy atom. The van der Waals surface area contributed by atoms with Crippen molar-refractivity contribution >= 4 is 17.6 Å². The van der Waals surface area contributed by atoms with Crippen LogP contribution in [0.25, 0.3) is 0 Å². The van der Waals surface area contributed by atoms with E-state index in [1.54, 1.807) is 0 Å². The summed E-state index contributed by atoms with van der Waals surface area (Å²) in [6.07, 6.45) is 30.6. The lowest BCUT2D eigenvalue weighted by atomic mass is 9.95. The van der Waals surface area contributed by atoms with E-state index in [2.05, 4.69) is 73.0 Å². The van der Waals surface area contributed by atoms with Crippen molar-refractivity contribution in [3.8, 4) is 5.75 Å². The lowest BCUT2D eigenvalue weighted by Gasteiger charge is -2.30. The second kappa shape index (κ2) is 20.6. The molecule has 6 heteroatoms. The van der Waals surface area contributed by atoms with E-state index in [1.807, 2.05) is 13.8 Å². The molecule has 214 valence electrons. The van der Waals surface area contributed by atoms with Crippen LogP contribution in [-0.2, 0) is 9.53 Å². The molecule has 0 aromatic heterocycles. The molecule has 6 nitrogen and oxygen atoms in total. The van der Waals surface area contributed by atoms with Crippen LogP contribution in [-0.4, -0.2) is 34.3 Å². The van der Waals surface area contributed by atoms with E-state index >= 15 is 0 Å². The molecule has 0 spiro atoms. The highest BCUT2D eigenvalue weighted by molar-refractivity contribution is 5.99. The van der Waals surface area contributed by atoms with Crippen LogP contribution in [0.5, 0.6) is 5.75 Å². The predicted octanol–water partition coefficient (Wildman–Crippen LogP) is 8.53. The van der Waals surface area contributed by atoms with Gasteiger partial charge in [-0.25, -0.2) is 4.79 Å². The topological polar surface area (TPSA) is 95.9 Å². The van der Waals surface area contributed by atoms with E-state index in [4.69, 9.17) is 4.74 Å². The van der Waals surface area contributed by atoms with Crippen LogP contribution in [0.1, 0.15) is 95.3 Å². The van der Waals surface area contributed by atoms with Crippen molar-refractivity contribution in [2.24, 2.45) is 0 Å². The van der Waals surface area contributed by atoms with Gasteiger partial charge in [-0.05, 0) is 82.4 Å². The number of aromatic carboxylic acids is 1. The molecule has 0 saturated heterocycles. The standard InChI is InChI=1S/C33H47NO5/c1-4-7-8-9-10-11-12-13-14-15-16-17-18-19-20-21-22-23-26-39-33(5-2,6-3)32(38)34-28-24-25-30(35)29(27-28)31(36)37/h7-8,10-11,13-14,16-17,19-20,24-25,27,35H,4-6,9,12,15,18,21-23,26H2,1-3H3,(H,34,38)(H,36,37). The van der Waals surface area contributed by atoms with Crippen LogP contribution in [0, 0.1) is 0 Å². The summed E-state index contributed by atoms with van der Waals surface area (Å²) in [5.74, 6) is -1.92. The molecule has 0 radical (unpaired) electrons. The fourth-order valence-corrected chi connectivity index (χ4v) is 3.87. The number of rotatable bonds is 20. The maximum Gasteiger partial charge on any atom is 0.339 e. The van der Waals surface area contributed by atoms with Crippen molar-refractivity contribution in [1.29, 1.82) is 0 Å². The number of benzene rings is 1. The van der Waals surface area contributed by atoms with Crippen molar-refractivity contribution in [2.45, 2.75) is 90.6 Å². The molecule has 0 saturated carbocycles. The van der Waals surface area contributed by atoms with Gasteiger partial charge in [0.15, 0.2) is 0 Å². The average molecular weight is 538 g/mol. The minimum absolute atomic E-state index is 0.262. The number of aromatic hydroxyl groups is 1. The number of carboxylic acids is 1. The number of amides is 1. The molecular formula is C33H47NO5. The van der Waals surface area contributed by atoms with Crippen LogP contribution in [0.4, 0.5) is 5.69 Å². The Kier molecular flexibility index (Phi) is 17.7. The highest BCUT2D eigenvalue weighted by Crippen LogP contribution is 2.26. The van der Waals surface area contributed by atoms with Gasteiger partial charge < -0.3 is 20.3 Å². The van der Waals surface area contributed by atoms with Crippen LogP contribution < -0.4 is 5.32 Å². The SMILES string of the molecule is CCC=CCC=CCC=CCC=CCC=CCCCCOC(CC)(CC)C(=O)Nc1ccc(O)c(C(=O)O)c1. The highest BCUT2D eigenvalue weighted by Gasteiger charge is 2.36. The van der Waals surface area contributed by atoms with Crippen molar-refractivity contribution in [2.75, 3.05) is 11.9 Å². The summed E-state index contributed by atoms with van der Waals surface area (Å²) in [5, 5.41) is 21.6. The average Bonchev–Trinajstić information content (AvgIpc) is 2.93. The van der Waals surface area contributed by atoms with Crippen molar-refractivity contribution < 1.29 is 24.5 Å². The fraction of sp³-hybridized carbons (Fsp3) is 0.455. The van der Waals surface area contributed by atoms with Crippen LogP contribution >= 0.6 is 0 Å². The number of carbonyl (C=O) groups excluding carboxylic acids is 1. The Bertz CT molecular complexity index is 999. The summed E-state index contributed by atoms with van der Waals surface area (Å²) in [7, 11) is 0. The van der Waals surface area contributed by atoms with Gasteiger partial charge in [0.2, 0.25) is 0 Å². The zero-order valence-electron chi connectivity index (χ0n) is 23.9. The summed E-state index contributed by atoms with van der Waals surface area (Å²) in [6.45, 7) is 6.41. The number of hydrogen-bond acceptors (Lipinski definition) is 4. The fourth-order valence-electron chi connectivity index (χ4n) is 3.87. The Morgan fingerprint density at radius 3 is 1.87 bits per heavy atom. The lowest BCUT2D eigenvalue weighted by molar-refractivity contribution is -0.143. The first kappa shape index (κ1) is 33.6. The van der Waals surface area contributed by atoms with Crippen LogP contribution in [0.15, 0.2) is 79.0 Å². The van der Waals surface area contributed by atoms with Gasteiger partial charge in [0.05, 0.1) is 0 Å². The summed E-state index contributed by atoms with van der Waals surface area (Å²) in [5.41, 5.74) is -0.940. The Hall–Kier alpha value is -3.38. The third kappa shape index (κ3) is 13.8. The maximum atomic E-state index is 13.0. The summed E-state index contributed by atoms with van der Waals surface area (Å²) < 4.78 is 6.07. The number of carbonyl (C=O) groups is 2. The molecule has 0 heterocycles. The molecule has 3 N–H and O–H groups in total. The van der Waals surface area contributed by atoms with E-state index in [0.29, 0.717) is 25.1 Å². The van der Waals surface area contributed by atoms with Gasteiger partial charge in [0.1, 0.15) is 16.9 Å². The van der Waals surface area contributed by atoms with Gasteiger partial charge in [0, 0.05) is 12.3 Å². The minimum atomic E-state index is -1.26. The number of hydrogen-bond donors (Lipinski definition) is 3. The molecule has 0 atom stereocenters. The zero-order valence-corrected chi connectivity index (χ0v) is 23.9. The molecule has 0 aliphatic rings. The molecule has 0 unspecified atom stereocenters. The maximum absolute atomic E-state index is 13.0. The third-order valence-electron chi connectivity index (χ3n) is 6.34. The molecule has 1 aromatic rings. The zero-order chi connectivity index (χ0) is 28.8. The van der Waals surface area contributed by atoms with Crippen molar-refractivity contribution in [1.82, 2.24) is 0 Å². The number of ether oxygens (including phenoxy) is 1. The van der Waals surface area contributed by atoms with E-state index in [9.17, 15) is 19.8 Å². The first-order valence-corrected chi connectivity index (χ1v) is 14.2. The third-order valence-corrected chi connectivity index (χ3v) is 6.34. The first-order chi connectivity index (χ1) is 18.9. The number of phenols is 1. The van der Waals surface area contributed by atoms with E-state index in [1.165, 1.54) is 18.2 Å². The second-order valence-corrected chi connectivity index (χ2v) is 9.24. The van der Waals surface area contributed by atoms with Gasteiger partial charge in [-0.2, -0.15) is 0 Å². The second-order valence-electron chi connectivity index (χ2n) is 9.24. The van der Waals surface area contributed by atoms with E-state index in [0.717, 1.165) is 51.4 Å². The number of carboxylic acid groups (broad SMARTS) is 1. The molecule has 1 rings (SSSR count). The number of unbranched alkanes of at least 4 members (excludes halogenated alkanes) is 2. The van der Waals surface area contributed by atoms with E-state index in [-0.39, 0.29) is 17.2 Å². The van der Waals surface area contributed by atoms with Crippen LogP contribution in [0.2, 0.25) is 0 Å². The highest BCUT2D eigenvalue weighted by atomic mass is 16.5. The van der Waals surface area contributed by atoms with Gasteiger partial charge in [-0.1, -0.05) is 81.5 Å². The molecule has 1 aromatic carbocycles. The summed E-state index contributed by atoms with van der Waals surface area (Å²) in [4.78, 5) is 24.3. The van der Waals surface area contributed by atoms with Crippen molar-refractivity contribution in [3.05, 3.63) is 84.5 Å². The largest absolute Gasteiger partial charge is 0.507 e. The molecule has 0 bridgehead atoms. The number of anilines is 1. The Labute approximate surface area is 234 Å². The van der Waals surface area contributed by atoms with Gasteiger partial charge >= 0.3 is 5.97 Å². The minimum Gasteiger partial charge on any atom is -0.507 e. The molecule has 0 aliphatic carbocycles. The predicted molar refractivity (Wildman–Crippen MR) is 161 cm³/mol. The monoisotopic (exact) mass is 537 g/mol. The van der Waals surface area contributed by atoms with Gasteiger partial charge in [-0.15, -0.1) is 0 Å². The van der Waals surface area contributed by atoms with Crippen LogP contribution in [0.3, 0.4) is 0 Å². The molecule has 0 aliphatic heterocycles. The van der Waals surface area contributed by atoms with E-state index < -0.39 is 11.6 Å². The molecular weight excluding hydrogens is 490 g/mol. The smallest absolute Gasteiger partial charge is 0.339 e. The normalized spacial score (nSPS) is 12.6. The van der Waals surface area contributed by atoms with Gasteiger partial charge in [-0.3, -0.25) is 4.79 Å². The van der Waals surface area contributed by atoms with Gasteiger partial charge in [0.25, 0.3) is 5.91 Å². The molecule has 1 amide bonds. The molecule has 39 heavy (non-hydrogen) atoms.